The van der Waals surface area contributed by atoms with Crippen molar-refractivity contribution in [3.8, 4) is 0 Å². The molecule has 1 aromatic heterocycles. The summed E-state index contributed by atoms with van der Waals surface area (Å²) in [5.41, 5.74) is 0.725. The number of fused-ring (bicyclic) bond motifs is 2. The Kier molecular flexibility index (Phi) is 3.82. The van der Waals surface area contributed by atoms with Crippen LogP contribution in [0.1, 0.15) is 10.6 Å². The number of halogens is 1. The van der Waals surface area contributed by atoms with Gasteiger partial charge in [-0.2, -0.15) is 0 Å². The van der Waals surface area contributed by atoms with Crippen LogP contribution >= 0.6 is 11.6 Å². The largest absolute Gasteiger partial charge is 0.451 e. The minimum absolute atomic E-state index is 0.0362. The van der Waals surface area contributed by atoms with E-state index in [0.29, 0.717) is 28.8 Å². The third kappa shape index (κ3) is 2.61. The van der Waals surface area contributed by atoms with Crippen LogP contribution in [0.4, 0.5) is 0 Å². The predicted octanol–water partition coefficient (Wildman–Crippen LogP) is 2.74. The van der Waals surface area contributed by atoms with Crippen molar-refractivity contribution < 1.29 is 13.9 Å². The highest BCUT2D eigenvalue weighted by Crippen LogP contribution is 2.42. The van der Waals surface area contributed by atoms with E-state index in [0.717, 1.165) is 31.7 Å². The van der Waals surface area contributed by atoms with Crippen molar-refractivity contribution in [2.75, 3.05) is 46.9 Å². The molecule has 2 fully saturated rings. The molecule has 2 aliphatic rings. The van der Waals surface area contributed by atoms with Gasteiger partial charge < -0.3 is 19.0 Å². The van der Waals surface area contributed by atoms with Crippen LogP contribution in [0.2, 0.25) is 5.02 Å². The van der Waals surface area contributed by atoms with E-state index in [4.69, 9.17) is 20.8 Å². The minimum Gasteiger partial charge on any atom is -0.451 e. The second-order valence-electron chi connectivity index (χ2n) is 7.29. The maximum atomic E-state index is 12.9. The zero-order valence-corrected chi connectivity index (χ0v) is 14.7. The normalized spacial score (nSPS) is 26.5. The fourth-order valence-corrected chi connectivity index (χ4v) is 4.30. The fourth-order valence-electron chi connectivity index (χ4n) is 4.12. The molecule has 0 bridgehead atoms. The molecule has 0 N–H and O–H groups in total. The van der Waals surface area contributed by atoms with Crippen LogP contribution in [-0.2, 0) is 4.74 Å². The van der Waals surface area contributed by atoms with Gasteiger partial charge in [-0.25, -0.2) is 0 Å². The first-order valence-corrected chi connectivity index (χ1v) is 8.55. The van der Waals surface area contributed by atoms with Crippen molar-refractivity contribution in [2.24, 2.45) is 11.3 Å². The summed E-state index contributed by atoms with van der Waals surface area (Å²) in [5.74, 6) is 0.727. The highest BCUT2D eigenvalue weighted by molar-refractivity contribution is 6.31. The number of likely N-dealkylation sites (tertiary alicyclic amines) is 1. The van der Waals surface area contributed by atoms with Gasteiger partial charge in [0.2, 0.25) is 0 Å². The van der Waals surface area contributed by atoms with Crippen LogP contribution in [0.5, 0.6) is 0 Å². The maximum absolute atomic E-state index is 12.9. The zero-order chi connectivity index (χ0) is 16.9. The molecule has 128 valence electrons. The van der Waals surface area contributed by atoms with Crippen molar-refractivity contribution in [3.05, 3.63) is 35.0 Å². The van der Waals surface area contributed by atoms with Gasteiger partial charge in [-0.15, -0.1) is 0 Å². The second-order valence-corrected chi connectivity index (χ2v) is 7.73. The number of rotatable bonds is 3. The van der Waals surface area contributed by atoms with E-state index in [1.54, 1.807) is 18.2 Å². The lowest BCUT2D eigenvalue weighted by Crippen LogP contribution is -2.41. The number of ether oxygens (including phenoxy) is 1. The summed E-state index contributed by atoms with van der Waals surface area (Å²) >= 11 is 6.01. The Morgan fingerprint density at radius 2 is 2.25 bits per heavy atom. The fraction of sp³-hybridized carbons (Fsp3) is 0.500. The Balaban J connectivity index is 1.58. The average molecular weight is 349 g/mol. The Morgan fingerprint density at radius 1 is 1.42 bits per heavy atom. The molecule has 0 radical (unpaired) electrons. The van der Waals surface area contributed by atoms with E-state index in [9.17, 15) is 4.79 Å². The van der Waals surface area contributed by atoms with Crippen molar-refractivity contribution in [1.82, 2.24) is 9.80 Å². The van der Waals surface area contributed by atoms with E-state index in [-0.39, 0.29) is 11.3 Å². The summed E-state index contributed by atoms with van der Waals surface area (Å²) in [4.78, 5) is 17.0. The number of nitrogens with zero attached hydrogens (tertiary/aromatic N) is 2. The van der Waals surface area contributed by atoms with Crippen LogP contribution < -0.4 is 0 Å². The molecule has 0 spiro atoms. The van der Waals surface area contributed by atoms with Crippen LogP contribution in [-0.4, -0.2) is 62.7 Å². The number of carbonyl (C=O) groups excluding carboxylic acids is 1. The summed E-state index contributed by atoms with van der Waals surface area (Å²) in [6, 6.07) is 7.17. The zero-order valence-electron chi connectivity index (χ0n) is 13.9. The van der Waals surface area contributed by atoms with Crippen molar-refractivity contribution in [3.63, 3.8) is 0 Å². The highest BCUT2D eigenvalue weighted by Gasteiger charge is 2.52. The van der Waals surface area contributed by atoms with Crippen LogP contribution in [0.15, 0.2) is 28.7 Å². The molecule has 6 heteroatoms. The third-order valence-corrected chi connectivity index (χ3v) is 5.36. The molecule has 4 rings (SSSR count). The number of furan rings is 1. The molecule has 0 saturated carbocycles. The average Bonchev–Trinajstić information content (AvgIpc) is 3.16. The third-order valence-electron chi connectivity index (χ3n) is 5.13. The molecule has 2 aliphatic heterocycles. The summed E-state index contributed by atoms with van der Waals surface area (Å²) in [6.07, 6.45) is 0. The lowest BCUT2D eigenvalue weighted by molar-refractivity contribution is 0.0670. The van der Waals surface area contributed by atoms with Crippen molar-refractivity contribution in [1.29, 1.82) is 0 Å². The van der Waals surface area contributed by atoms with Gasteiger partial charge in [0.05, 0.1) is 13.2 Å². The number of hydrogen-bond donors (Lipinski definition) is 0. The highest BCUT2D eigenvalue weighted by atomic mass is 35.5. The van der Waals surface area contributed by atoms with Crippen LogP contribution in [0.3, 0.4) is 0 Å². The lowest BCUT2D eigenvalue weighted by Gasteiger charge is -2.30. The first kappa shape index (κ1) is 15.9. The molecule has 1 amide bonds. The Bertz CT molecular complexity index is 788. The molecule has 0 aliphatic carbocycles. The first-order valence-electron chi connectivity index (χ1n) is 8.18. The molecule has 24 heavy (non-hydrogen) atoms. The number of carbonyl (C=O) groups is 1. The molecular weight excluding hydrogens is 328 g/mol. The van der Waals surface area contributed by atoms with E-state index < -0.39 is 0 Å². The molecule has 3 heterocycles. The van der Waals surface area contributed by atoms with E-state index in [1.165, 1.54) is 0 Å². The molecule has 0 unspecified atom stereocenters. The number of amides is 1. The molecule has 1 aromatic carbocycles. The minimum atomic E-state index is -0.0464. The van der Waals surface area contributed by atoms with Gasteiger partial charge in [0.1, 0.15) is 5.58 Å². The van der Waals surface area contributed by atoms with E-state index >= 15 is 0 Å². The van der Waals surface area contributed by atoms with Gasteiger partial charge in [0, 0.05) is 41.4 Å². The van der Waals surface area contributed by atoms with Gasteiger partial charge >= 0.3 is 0 Å². The van der Waals surface area contributed by atoms with Gasteiger partial charge in [0.15, 0.2) is 5.76 Å². The standard InChI is InChI=1S/C18H21ClN2O3/c1-20(2)9-18-10-21(7-13(18)8-23-11-18)17(22)16-6-12-5-14(19)3-4-15(12)24-16/h3-6,13H,7-11H2,1-2H3/t13-,18+/m1/s1. The first-order chi connectivity index (χ1) is 11.5. The van der Waals surface area contributed by atoms with Gasteiger partial charge in [-0.1, -0.05) is 11.6 Å². The monoisotopic (exact) mass is 348 g/mol. The Hall–Kier alpha value is -1.56. The predicted molar refractivity (Wildman–Crippen MR) is 92.4 cm³/mol. The topological polar surface area (TPSA) is 45.9 Å². The summed E-state index contributed by atoms with van der Waals surface area (Å²) < 4.78 is 11.4. The van der Waals surface area contributed by atoms with Crippen LogP contribution in [0, 0.1) is 11.3 Å². The van der Waals surface area contributed by atoms with E-state index in [2.05, 4.69) is 19.0 Å². The maximum Gasteiger partial charge on any atom is 0.289 e. The molecule has 5 nitrogen and oxygen atoms in total. The van der Waals surface area contributed by atoms with Gasteiger partial charge in [-0.3, -0.25) is 4.79 Å². The molecule has 2 aromatic rings. The molecule has 2 atom stereocenters. The van der Waals surface area contributed by atoms with Crippen molar-refractivity contribution in [2.45, 2.75) is 0 Å². The smallest absolute Gasteiger partial charge is 0.289 e. The second kappa shape index (κ2) is 5.76. The van der Waals surface area contributed by atoms with Gasteiger partial charge in [-0.05, 0) is 38.4 Å². The number of hydrogen-bond acceptors (Lipinski definition) is 4. The number of benzene rings is 1. The van der Waals surface area contributed by atoms with E-state index in [1.807, 2.05) is 11.0 Å². The summed E-state index contributed by atoms with van der Waals surface area (Å²) in [7, 11) is 4.13. The molecule has 2 saturated heterocycles. The summed E-state index contributed by atoms with van der Waals surface area (Å²) in [6.45, 7) is 3.82. The summed E-state index contributed by atoms with van der Waals surface area (Å²) in [5, 5.41) is 1.50. The molecular formula is C18H21ClN2O3. The Labute approximate surface area is 146 Å². The lowest BCUT2D eigenvalue weighted by atomic mass is 9.81. The van der Waals surface area contributed by atoms with Gasteiger partial charge in [0.25, 0.3) is 5.91 Å². The quantitative estimate of drug-likeness (QED) is 0.855. The Morgan fingerprint density at radius 3 is 3.04 bits per heavy atom. The SMILES string of the molecule is CN(C)C[C@]12COC[C@H]1CN(C(=O)c1cc3cc(Cl)ccc3o1)C2. The van der Waals surface area contributed by atoms with Crippen LogP contribution in [0.25, 0.3) is 11.0 Å². The van der Waals surface area contributed by atoms with Crippen molar-refractivity contribution >= 4 is 28.5 Å².